The van der Waals surface area contributed by atoms with E-state index in [2.05, 4.69) is 80.6 Å². The van der Waals surface area contributed by atoms with Gasteiger partial charge in [-0.15, -0.1) is 11.3 Å². The number of thiophene rings is 1. The normalized spacial score (nSPS) is 14.3. The molecule has 7 aromatic carbocycles. The molecule has 2 heterocycles. The van der Waals surface area contributed by atoms with Gasteiger partial charge >= 0.3 is 0 Å². The third-order valence-electron chi connectivity index (χ3n) is 10.3. The fourth-order valence-corrected chi connectivity index (χ4v) is 8.95. The lowest BCUT2D eigenvalue weighted by Crippen LogP contribution is -2.14. The van der Waals surface area contributed by atoms with Crippen molar-refractivity contribution in [2.75, 3.05) is 0 Å². The van der Waals surface area contributed by atoms with Crippen molar-refractivity contribution in [3.63, 3.8) is 0 Å². The number of rotatable bonds is 5. The van der Waals surface area contributed by atoms with E-state index in [1.54, 1.807) is 23.5 Å². The Balaban J connectivity index is 1.22. The zero-order valence-electron chi connectivity index (χ0n) is 33.5. The average Bonchev–Trinajstić information content (AvgIpc) is 3.74. The van der Waals surface area contributed by atoms with Crippen LogP contribution >= 0.6 is 11.3 Å². The second-order valence-corrected chi connectivity index (χ2v) is 14.7. The van der Waals surface area contributed by atoms with E-state index < -0.39 is 18.1 Å². The van der Waals surface area contributed by atoms with Crippen LogP contribution in [0.4, 0.5) is 0 Å². The number of hydrogen-bond donors (Lipinski definition) is 0. The molecule has 0 atom stereocenters. The molecule has 246 valence electrons. The number of nitrogens with zero attached hydrogens (tertiary/aromatic N) is 3. The first-order valence-corrected chi connectivity index (χ1v) is 18.1. The van der Waals surface area contributed by atoms with Gasteiger partial charge < -0.3 is 0 Å². The molecule has 1 aliphatic rings. The highest BCUT2D eigenvalue weighted by molar-refractivity contribution is 7.26. The summed E-state index contributed by atoms with van der Waals surface area (Å²) in [5.41, 5.74) is 9.63. The maximum absolute atomic E-state index is 8.85. The Morgan fingerprint density at radius 3 is 1.73 bits per heavy atom. The first-order chi connectivity index (χ1) is 27.6. The lowest BCUT2D eigenvalue weighted by Gasteiger charge is -2.22. The lowest BCUT2D eigenvalue weighted by molar-refractivity contribution is 0.660. The van der Waals surface area contributed by atoms with Crippen molar-refractivity contribution in [2.45, 2.75) is 19.3 Å². The van der Waals surface area contributed by atoms with Gasteiger partial charge in [-0.05, 0) is 62.7 Å². The SMILES string of the molecule is [2H]c1c([2H])c([2H])c(-c2ccccc2-c2nc(-c3ccccc3-c3ccc4c(c3)C(C)(C)c3ccccc3-4)nc(-c3cccc4c3sc3ccccc34)n2)c([2H])c1[2H]. The average molecular weight is 689 g/mol. The van der Waals surface area contributed by atoms with E-state index in [0.717, 1.165) is 42.4 Å². The first kappa shape index (κ1) is 25.7. The molecule has 0 saturated heterocycles. The summed E-state index contributed by atoms with van der Waals surface area (Å²) in [6.45, 7) is 4.55. The summed E-state index contributed by atoms with van der Waals surface area (Å²) in [6, 6.07) is 43.4. The second kappa shape index (κ2) is 11.9. The summed E-state index contributed by atoms with van der Waals surface area (Å²) >= 11 is 1.69. The summed E-state index contributed by atoms with van der Waals surface area (Å²) in [5, 5.41) is 2.27. The van der Waals surface area contributed by atoms with Crippen LogP contribution in [0.25, 0.3) is 87.7 Å². The molecule has 0 saturated carbocycles. The van der Waals surface area contributed by atoms with Gasteiger partial charge in [0.15, 0.2) is 17.5 Å². The fourth-order valence-electron chi connectivity index (χ4n) is 7.74. The highest BCUT2D eigenvalue weighted by Gasteiger charge is 2.35. The quantitative estimate of drug-likeness (QED) is 0.181. The molecule has 2 aromatic heterocycles. The summed E-state index contributed by atoms with van der Waals surface area (Å²) in [5.74, 6) is 1.27. The molecular weight excluding hydrogens is 651 g/mol. The van der Waals surface area contributed by atoms with Crippen LogP contribution in [0.1, 0.15) is 31.8 Å². The van der Waals surface area contributed by atoms with Gasteiger partial charge in [0.05, 0.1) is 6.85 Å². The minimum absolute atomic E-state index is 0.0915. The highest BCUT2D eigenvalue weighted by atomic mass is 32.1. The van der Waals surface area contributed by atoms with Crippen LogP contribution in [0.15, 0.2) is 164 Å². The van der Waals surface area contributed by atoms with E-state index in [1.165, 1.54) is 22.3 Å². The highest BCUT2D eigenvalue weighted by Crippen LogP contribution is 2.50. The Bertz CT molecular complexity index is 3110. The zero-order chi connectivity index (χ0) is 39.2. The number of aromatic nitrogens is 3. The molecule has 1 aliphatic carbocycles. The molecule has 10 rings (SSSR count). The molecule has 0 fully saturated rings. The molecule has 52 heavy (non-hydrogen) atoms. The standard InChI is InChI=1S/C48H33N3S/c1-48(2)41-25-12-10-19-34(41)35-28-27-31(29-42(35)48)33-18-7-9-22-39(33)46-49-45(38-21-8-6-17-32(38)30-15-4-3-5-16-30)50-47(51-46)40-24-14-23-37-36-20-11-13-26-43(36)52-44(37)40/h3-29H,1-2H3/i3D,4D,5D,15D,16D. The third-order valence-corrected chi connectivity index (χ3v) is 11.5. The van der Waals surface area contributed by atoms with Crippen LogP contribution in [0.3, 0.4) is 0 Å². The number of hydrogen-bond acceptors (Lipinski definition) is 4. The molecule has 0 amide bonds. The summed E-state index contributed by atoms with van der Waals surface area (Å²) < 4.78 is 45.0. The van der Waals surface area contributed by atoms with E-state index in [0.29, 0.717) is 28.6 Å². The minimum Gasteiger partial charge on any atom is -0.208 e. The van der Waals surface area contributed by atoms with Crippen LogP contribution in [-0.4, -0.2) is 15.0 Å². The number of fused-ring (bicyclic) bond motifs is 6. The predicted octanol–water partition coefficient (Wildman–Crippen LogP) is 12.9. The van der Waals surface area contributed by atoms with Gasteiger partial charge in [0, 0.05) is 42.3 Å². The van der Waals surface area contributed by atoms with Crippen LogP contribution in [0.5, 0.6) is 0 Å². The molecular formula is C48H33N3S. The van der Waals surface area contributed by atoms with Gasteiger partial charge in [-0.25, -0.2) is 15.0 Å². The molecule has 0 aliphatic heterocycles. The molecule has 0 radical (unpaired) electrons. The Labute approximate surface area is 314 Å². The summed E-state index contributed by atoms with van der Waals surface area (Å²) in [7, 11) is 0. The fraction of sp³-hybridized carbons (Fsp3) is 0.0625. The maximum Gasteiger partial charge on any atom is 0.165 e. The van der Waals surface area contributed by atoms with Crippen LogP contribution in [0, 0.1) is 0 Å². The first-order valence-electron chi connectivity index (χ1n) is 19.8. The van der Waals surface area contributed by atoms with Gasteiger partial charge in [-0.1, -0.05) is 159 Å². The Morgan fingerprint density at radius 2 is 1.00 bits per heavy atom. The van der Waals surface area contributed by atoms with Crippen molar-refractivity contribution < 1.29 is 6.85 Å². The van der Waals surface area contributed by atoms with Gasteiger partial charge in [0.2, 0.25) is 0 Å². The van der Waals surface area contributed by atoms with E-state index in [1.807, 2.05) is 54.6 Å². The molecule has 0 spiro atoms. The molecule has 3 nitrogen and oxygen atoms in total. The van der Waals surface area contributed by atoms with E-state index in [4.69, 9.17) is 21.8 Å². The molecule has 0 bridgehead atoms. The minimum atomic E-state index is -0.442. The van der Waals surface area contributed by atoms with Crippen molar-refractivity contribution >= 4 is 31.5 Å². The topological polar surface area (TPSA) is 38.7 Å². The van der Waals surface area contributed by atoms with Crippen LogP contribution in [0.2, 0.25) is 0 Å². The van der Waals surface area contributed by atoms with Gasteiger partial charge in [-0.2, -0.15) is 0 Å². The molecule has 4 heteroatoms. The predicted molar refractivity (Wildman–Crippen MR) is 217 cm³/mol. The summed E-state index contributed by atoms with van der Waals surface area (Å²) in [6.07, 6.45) is 0. The Kier molecular flexibility index (Phi) is 5.89. The van der Waals surface area contributed by atoms with Gasteiger partial charge in [0.25, 0.3) is 0 Å². The maximum atomic E-state index is 8.85. The number of benzene rings is 7. The third kappa shape index (κ3) is 4.83. The van der Waals surface area contributed by atoms with Gasteiger partial charge in [0.1, 0.15) is 0 Å². The molecule has 0 unspecified atom stereocenters. The van der Waals surface area contributed by atoms with Crippen LogP contribution < -0.4 is 0 Å². The molecule has 0 N–H and O–H groups in total. The zero-order valence-corrected chi connectivity index (χ0v) is 29.3. The van der Waals surface area contributed by atoms with Crippen LogP contribution in [-0.2, 0) is 5.41 Å². The second-order valence-electron chi connectivity index (χ2n) is 13.6. The monoisotopic (exact) mass is 688 g/mol. The van der Waals surface area contributed by atoms with E-state index in [9.17, 15) is 0 Å². The van der Waals surface area contributed by atoms with E-state index >= 15 is 0 Å². The Hall–Kier alpha value is -6.23. The van der Waals surface area contributed by atoms with Crippen molar-refractivity contribution in [3.05, 3.63) is 175 Å². The summed E-state index contributed by atoms with van der Waals surface area (Å²) in [4.78, 5) is 15.6. The smallest absolute Gasteiger partial charge is 0.165 e. The Morgan fingerprint density at radius 1 is 0.462 bits per heavy atom. The van der Waals surface area contributed by atoms with Gasteiger partial charge in [-0.3, -0.25) is 0 Å². The van der Waals surface area contributed by atoms with Crippen molar-refractivity contribution in [2.24, 2.45) is 0 Å². The largest absolute Gasteiger partial charge is 0.208 e. The molecule has 9 aromatic rings. The van der Waals surface area contributed by atoms with Crippen molar-refractivity contribution in [1.82, 2.24) is 15.0 Å². The van der Waals surface area contributed by atoms with Crippen molar-refractivity contribution in [3.8, 4) is 67.5 Å². The van der Waals surface area contributed by atoms with E-state index in [-0.39, 0.29) is 23.1 Å². The lowest BCUT2D eigenvalue weighted by atomic mass is 9.81. The van der Waals surface area contributed by atoms with Crippen molar-refractivity contribution in [1.29, 1.82) is 0 Å².